The largest absolute Gasteiger partial charge is 0.450 e. The number of hydrogen-bond acceptors (Lipinski definition) is 4. The summed E-state index contributed by atoms with van der Waals surface area (Å²) < 4.78 is 12.4. The molecule has 4 fully saturated rings. The van der Waals surface area contributed by atoms with E-state index in [0.717, 1.165) is 71.1 Å². The van der Waals surface area contributed by atoms with Gasteiger partial charge in [0.2, 0.25) is 5.91 Å². The van der Waals surface area contributed by atoms with Gasteiger partial charge in [-0.05, 0) is 83.7 Å². The summed E-state index contributed by atoms with van der Waals surface area (Å²) in [6.07, 6.45) is 8.38. The molecular formula is C21H35N3O3. The Balaban J connectivity index is 1.19. The second kappa shape index (κ2) is 7.26. The molecule has 1 atom stereocenters. The summed E-state index contributed by atoms with van der Waals surface area (Å²) in [4.78, 5) is 28.9. The molecule has 1 spiro atoms. The Hall–Kier alpha value is -1.30. The summed E-state index contributed by atoms with van der Waals surface area (Å²) in [5.41, 5.74) is 0.309. The highest BCUT2D eigenvalue weighted by molar-refractivity contribution is 5.79. The Morgan fingerprint density at radius 3 is 2.48 bits per heavy atom. The van der Waals surface area contributed by atoms with Crippen LogP contribution < -0.4 is 5.32 Å². The molecule has 2 aliphatic carbocycles. The molecule has 1 unspecified atom stereocenters. The van der Waals surface area contributed by atoms with Crippen LogP contribution in [0.2, 0.25) is 0 Å². The third-order valence-electron chi connectivity index (χ3n) is 7.55. The van der Waals surface area contributed by atoms with E-state index >= 15 is 0 Å². The molecule has 27 heavy (non-hydrogen) atoms. The van der Waals surface area contributed by atoms with Gasteiger partial charge in [0.05, 0.1) is 7.95 Å². The maximum atomic E-state index is 12.6. The smallest absolute Gasteiger partial charge is 0.409 e. The van der Waals surface area contributed by atoms with Crippen LogP contribution in [0.5, 0.6) is 0 Å². The molecule has 4 rings (SSSR count). The molecule has 152 valence electrons. The minimum absolute atomic E-state index is 0.0574. The van der Waals surface area contributed by atoms with E-state index in [1.165, 1.54) is 6.42 Å². The monoisotopic (exact) mass is 378 g/mol. The summed E-state index contributed by atoms with van der Waals surface area (Å²) in [5.74, 6) is 0.437. The third kappa shape index (κ3) is 3.82. The van der Waals surface area contributed by atoms with Crippen LogP contribution in [0, 0.1) is 11.3 Å². The molecule has 1 N–H and O–H groups in total. The average Bonchev–Trinajstić information content (AvgIpc) is 3.04. The Bertz CT molecular complexity index is 608. The SMILES string of the molecule is [2H]C(C)OC(=O)N1CCC2(CC(N3CCC(C(=O)NC4(C)CCC4)CC3)C2)C1. The van der Waals surface area contributed by atoms with Crippen molar-refractivity contribution < 1.29 is 15.7 Å². The van der Waals surface area contributed by atoms with E-state index in [-0.39, 0.29) is 28.9 Å². The number of carbonyl (C=O) groups is 2. The molecule has 6 heteroatoms. The minimum Gasteiger partial charge on any atom is -0.450 e. The molecule has 2 aliphatic heterocycles. The van der Waals surface area contributed by atoms with Gasteiger partial charge in [-0.1, -0.05) is 0 Å². The van der Waals surface area contributed by atoms with Crippen molar-refractivity contribution in [1.82, 2.24) is 15.1 Å². The van der Waals surface area contributed by atoms with Crippen molar-refractivity contribution >= 4 is 12.0 Å². The summed E-state index contributed by atoms with van der Waals surface area (Å²) in [6.45, 7) is 6.48. The molecule has 2 heterocycles. The van der Waals surface area contributed by atoms with E-state index < -0.39 is 6.58 Å². The predicted octanol–water partition coefficient (Wildman–Crippen LogP) is 2.77. The van der Waals surface area contributed by atoms with Gasteiger partial charge in [-0.25, -0.2) is 4.79 Å². The van der Waals surface area contributed by atoms with E-state index in [4.69, 9.17) is 6.11 Å². The van der Waals surface area contributed by atoms with Gasteiger partial charge in [0, 0.05) is 30.6 Å². The zero-order chi connectivity index (χ0) is 19.9. The number of piperidine rings is 1. The van der Waals surface area contributed by atoms with Crippen LogP contribution in [-0.4, -0.2) is 66.1 Å². The highest BCUT2D eigenvalue weighted by atomic mass is 16.6. The lowest BCUT2D eigenvalue weighted by atomic mass is 9.64. The minimum atomic E-state index is -0.802. The van der Waals surface area contributed by atoms with Crippen molar-refractivity contribution in [3.05, 3.63) is 0 Å². The molecule has 0 aromatic rings. The van der Waals surface area contributed by atoms with E-state index in [9.17, 15) is 9.59 Å². The standard InChI is InChI=1S/C21H35N3O3/c1-3-27-19(26)24-12-9-21(15-24)13-17(14-21)23-10-5-16(6-11-23)18(25)22-20(2)7-4-8-20/h16-17H,3-15H2,1-2H3,(H,22,25)/i3D. The molecule has 2 saturated carbocycles. The van der Waals surface area contributed by atoms with E-state index in [2.05, 4.69) is 17.1 Å². The number of hydrogen-bond donors (Lipinski definition) is 1. The number of amides is 2. The number of carbonyl (C=O) groups excluding carboxylic acids is 2. The Morgan fingerprint density at radius 1 is 1.19 bits per heavy atom. The fraction of sp³-hybridized carbons (Fsp3) is 0.905. The van der Waals surface area contributed by atoms with Crippen molar-refractivity contribution in [3.8, 4) is 0 Å². The Kier molecular flexibility index (Phi) is 4.78. The van der Waals surface area contributed by atoms with Crippen LogP contribution in [0.25, 0.3) is 0 Å². The van der Waals surface area contributed by atoms with Crippen molar-refractivity contribution in [1.29, 1.82) is 0 Å². The zero-order valence-electron chi connectivity index (χ0n) is 17.8. The van der Waals surface area contributed by atoms with Crippen LogP contribution in [0.15, 0.2) is 0 Å². The van der Waals surface area contributed by atoms with Crippen LogP contribution in [0.3, 0.4) is 0 Å². The fourth-order valence-corrected chi connectivity index (χ4v) is 5.56. The number of ether oxygens (including phenoxy) is 1. The molecule has 4 aliphatic rings. The van der Waals surface area contributed by atoms with E-state index in [1.54, 1.807) is 11.8 Å². The molecule has 0 aromatic carbocycles. The second-order valence-corrected chi connectivity index (χ2v) is 9.57. The molecule has 2 amide bonds. The second-order valence-electron chi connectivity index (χ2n) is 9.57. The van der Waals surface area contributed by atoms with Gasteiger partial charge in [-0.3, -0.25) is 4.79 Å². The summed E-state index contributed by atoms with van der Waals surface area (Å²) >= 11 is 0. The van der Waals surface area contributed by atoms with Gasteiger partial charge < -0.3 is 19.9 Å². The summed E-state index contributed by atoms with van der Waals surface area (Å²) in [7, 11) is 0. The first kappa shape index (κ1) is 17.8. The van der Waals surface area contributed by atoms with Crippen LogP contribution in [-0.2, 0) is 9.53 Å². The van der Waals surface area contributed by atoms with Crippen molar-refractivity contribution in [2.75, 3.05) is 32.8 Å². The highest BCUT2D eigenvalue weighted by Crippen LogP contribution is 2.50. The molecular weight excluding hydrogens is 342 g/mol. The van der Waals surface area contributed by atoms with Crippen molar-refractivity contribution in [3.63, 3.8) is 0 Å². The number of rotatable bonds is 4. The quantitative estimate of drug-likeness (QED) is 0.817. The summed E-state index contributed by atoms with van der Waals surface area (Å²) in [6, 6.07) is 0.597. The van der Waals surface area contributed by atoms with Crippen molar-refractivity contribution in [2.45, 2.75) is 76.8 Å². The molecule has 0 bridgehead atoms. The maximum Gasteiger partial charge on any atom is 0.409 e. The highest BCUT2D eigenvalue weighted by Gasteiger charge is 2.51. The first-order valence-corrected chi connectivity index (χ1v) is 10.7. The van der Waals surface area contributed by atoms with Gasteiger partial charge in [-0.15, -0.1) is 0 Å². The van der Waals surface area contributed by atoms with E-state index in [1.807, 2.05) is 0 Å². The lowest BCUT2D eigenvalue weighted by Gasteiger charge is -2.51. The molecule has 0 aromatic heterocycles. The van der Waals surface area contributed by atoms with Crippen LogP contribution in [0.4, 0.5) is 4.79 Å². The first-order chi connectivity index (χ1) is 13.3. The normalized spacial score (nSPS) is 35.1. The third-order valence-corrected chi connectivity index (χ3v) is 7.55. The fourth-order valence-electron chi connectivity index (χ4n) is 5.56. The Labute approximate surface area is 164 Å². The number of likely N-dealkylation sites (tertiary alicyclic amines) is 2. The average molecular weight is 379 g/mol. The number of nitrogens with one attached hydrogen (secondary N) is 1. The number of nitrogens with zero attached hydrogens (tertiary/aromatic N) is 2. The van der Waals surface area contributed by atoms with Gasteiger partial charge in [-0.2, -0.15) is 0 Å². The molecule has 2 saturated heterocycles. The maximum absolute atomic E-state index is 12.6. The summed E-state index contributed by atoms with van der Waals surface area (Å²) in [5, 5.41) is 3.28. The first-order valence-electron chi connectivity index (χ1n) is 11.3. The topological polar surface area (TPSA) is 61.9 Å². The van der Waals surface area contributed by atoms with Gasteiger partial charge in [0.25, 0.3) is 0 Å². The van der Waals surface area contributed by atoms with Crippen molar-refractivity contribution in [2.24, 2.45) is 11.3 Å². The van der Waals surface area contributed by atoms with Crippen LogP contribution >= 0.6 is 0 Å². The lowest BCUT2D eigenvalue weighted by Crippen LogP contribution is -2.56. The Morgan fingerprint density at radius 2 is 1.89 bits per heavy atom. The lowest BCUT2D eigenvalue weighted by molar-refractivity contribution is -0.130. The van der Waals surface area contributed by atoms with Gasteiger partial charge >= 0.3 is 6.09 Å². The molecule has 6 nitrogen and oxygen atoms in total. The molecule has 0 radical (unpaired) electrons. The van der Waals surface area contributed by atoms with Gasteiger partial charge in [0.1, 0.15) is 0 Å². The van der Waals surface area contributed by atoms with Crippen LogP contribution in [0.1, 0.15) is 66.6 Å². The zero-order valence-corrected chi connectivity index (χ0v) is 16.8. The van der Waals surface area contributed by atoms with E-state index in [0.29, 0.717) is 6.04 Å². The predicted molar refractivity (Wildman–Crippen MR) is 103 cm³/mol. The van der Waals surface area contributed by atoms with Gasteiger partial charge in [0.15, 0.2) is 0 Å².